The van der Waals surface area contributed by atoms with Crippen LogP contribution < -0.4 is 5.32 Å². The summed E-state index contributed by atoms with van der Waals surface area (Å²) in [4.78, 5) is 16.0. The van der Waals surface area contributed by atoms with E-state index in [0.29, 0.717) is 16.6 Å². The van der Waals surface area contributed by atoms with Gasteiger partial charge in [0.25, 0.3) is 0 Å². The molecule has 1 atom stereocenters. The lowest BCUT2D eigenvalue weighted by atomic mass is 10.2. The van der Waals surface area contributed by atoms with Crippen molar-refractivity contribution in [1.29, 1.82) is 0 Å². The minimum absolute atomic E-state index is 0.0802. The number of aliphatic hydroxyl groups is 1. The maximum atomic E-state index is 11.7. The monoisotopic (exact) mass is 324 g/mol. The van der Waals surface area contributed by atoms with Crippen molar-refractivity contribution < 1.29 is 19.1 Å². The fourth-order valence-corrected chi connectivity index (χ4v) is 1.95. The van der Waals surface area contributed by atoms with Gasteiger partial charge in [0.2, 0.25) is 11.8 Å². The molecule has 0 aliphatic heterocycles. The SMILES string of the molecule is COCC(O)CNC(=O)Cc1coc(-c2ccc(Cl)cc2)n1. The highest BCUT2D eigenvalue weighted by Gasteiger charge is 2.12. The first-order chi connectivity index (χ1) is 10.6. The fraction of sp³-hybridized carbons (Fsp3) is 0.333. The maximum absolute atomic E-state index is 11.7. The number of carbonyl (C=O) groups excluding carboxylic acids is 1. The van der Waals surface area contributed by atoms with Gasteiger partial charge < -0.3 is 19.6 Å². The first-order valence-electron chi connectivity index (χ1n) is 6.72. The topological polar surface area (TPSA) is 84.6 Å². The lowest BCUT2D eigenvalue weighted by molar-refractivity contribution is -0.121. The van der Waals surface area contributed by atoms with Crippen molar-refractivity contribution >= 4 is 17.5 Å². The second kappa shape index (κ2) is 7.93. The van der Waals surface area contributed by atoms with Crippen LogP contribution in [0.15, 0.2) is 34.9 Å². The van der Waals surface area contributed by atoms with E-state index < -0.39 is 6.10 Å². The molecule has 118 valence electrons. The van der Waals surface area contributed by atoms with Gasteiger partial charge in [0.1, 0.15) is 6.26 Å². The van der Waals surface area contributed by atoms with Gasteiger partial charge in [-0.15, -0.1) is 0 Å². The Morgan fingerprint density at radius 2 is 2.18 bits per heavy atom. The molecule has 1 amide bonds. The first-order valence-corrected chi connectivity index (χ1v) is 7.10. The van der Waals surface area contributed by atoms with Gasteiger partial charge in [0, 0.05) is 24.2 Å². The first kappa shape index (κ1) is 16.5. The van der Waals surface area contributed by atoms with E-state index in [0.717, 1.165) is 5.56 Å². The number of aromatic nitrogens is 1. The number of carbonyl (C=O) groups is 1. The van der Waals surface area contributed by atoms with E-state index in [-0.39, 0.29) is 25.5 Å². The number of methoxy groups -OCH3 is 1. The average Bonchev–Trinajstić information content (AvgIpc) is 2.95. The summed E-state index contributed by atoms with van der Waals surface area (Å²) in [5.74, 6) is 0.185. The second-order valence-corrected chi connectivity index (χ2v) is 5.18. The van der Waals surface area contributed by atoms with E-state index in [1.807, 2.05) is 0 Å². The molecule has 2 rings (SSSR count). The van der Waals surface area contributed by atoms with E-state index in [9.17, 15) is 9.90 Å². The minimum Gasteiger partial charge on any atom is -0.444 e. The summed E-state index contributed by atoms with van der Waals surface area (Å²) in [5.41, 5.74) is 1.30. The summed E-state index contributed by atoms with van der Waals surface area (Å²) in [6.07, 6.45) is 0.794. The second-order valence-electron chi connectivity index (χ2n) is 4.74. The van der Waals surface area contributed by atoms with Crippen molar-refractivity contribution in [3.63, 3.8) is 0 Å². The standard InChI is InChI=1S/C15H17ClN2O4/c1-21-9-13(19)7-17-14(20)6-12-8-22-15(18-12)10-2-4-11(16)5-3-10/h2-5,8,13,19H,6-7,9H2,1H3,(H,17,20). The molecule has 0 radical (unpaired) electrons. The molecule has 0 saturated carbocycles. The van der Waals surface area contributed by atoms with E-state index >= 15 is 0 Å². The van der Waals surface area contributed by atoms with Crippen LogP contribution in [0.1, 0.15) is 5.69 Å². The molecule has 1 heterocycles. The summed E-state index contributed by atoms with van der Waals surface area (Å²) in [6.45, 7) is 0.305. The average molecular weight is 325 g/mol. The van der Waals surface area contributed by atoms with Gasteiger partial charge >= 0.3 is 0 Å². The molecule has 2 aromatic rings. The van der Waals surface area contributed by atoms with Crippen LogP contribution in [0.4, 0.5) is 0 Å². The van der Waals surface area contributed by atoms with Crippen LogP contribution in [0.25, 0.3) is 11.5 Å². The van der Waals surface area contributed by atoms with Gasteiger partial charge in [-0.05, 0) is 24.3 Å². The highest BCUT2D eigenvalue weighted by molar-refractivity contribution is 6.30. The van der Waals surface area contributed by atoms with Crippen molar-refractivity contribution in [1.82, 2.24) is 10.3 Å². The number of oxazole rings is 1. The number of ether oxygens (including phenoxy) is 1. The Morgan fingerprint density at radius 3 is 2.86 bits per heavy atom. The number of nitrogens with zero attached hydrogens (tertiary/aromatic N) is 1. The molecular weight excluding hydrogens is 308 g/mol. The Hall–Kier alpha value is -1.89. The van der Waals surface area contributed by atoms with Crippen molar-refractivity contribution in [2.45, 2.75) is 12.5 Å². The number of aliphatic hydroxyl groups excluding tert-OH is 1. The predicted molar refractivity (Wildman–Crippen MR) is 81.5 cm³/mol. The predicted octanol–water partition coefficient (Wildman–Crippen LogP) is 1.66. The van der Waals surface area contributed by atoms with E-state index in [2.05, 4.69) is 10.3 Å². The Balaban J connectivity index is 1.89. The summed E-state index contributed by atoms with van der Waals surface area (Å²) >= 11 is 5.82. The molecular formula is C15H17ClN2O4. The largest absolute Gasteiger partial charge is 0.444 e. The minimum atomic E-state index is -0.726. The van der Waals surface area contributed by atoms with Gasteiger partial charge in [-0.25, -0.2) is 4.98 Å². The van der Waals surface area contributed by atoms with Crippen LogP contribution in [0.2, 0.25) is 5.02 Å². The maximum Gasteiger partial charge on any atom is 0.226 e. The smallest absolute Gasteiger partial charge is 0.226 e. The van der Waals surface area contributed by atoms with Crippen LogP contribution in [0.5, 0.6) is 0 Å². The molecule has 1 aromatic carbocycles. The lowest BCUT2D eigenvalue weighted by Crippen LogP contribution is -2.35. The summed E-state index contributed by atoms with van der Waals surface area (Å²) in [6, 6.07) is 7.06. The Morgan fingerprint density at radius 1 is 1.45 bits per heavy atom. The number of benzene rings is 1. The lowest BCUT2D eigenvalue weighted by Gasteiger charge is -2.09. The zero-order valence-electron chi connectivity index (χ0n) is 12.1. The van der Waals surface area contributed by atoms with Gasteiger partial charge in [-0.1, -0.05) is 11.6 Å². The third-order valence-electron chi connectivity index (χ3n) is 2.88. The third-order valence-corrected chi connectivity index (χ3v) is 3.13. The molecule has 0 aliphatic rings. The zero-order valence-corrected chi connectivity index (χ0v) is 12.8. The van der Waals surface area contributed by atoms with Crippen LogP contribution in [-0.2, 0) is 16.0 Å². The highest BCUT2D eigenvalue weighted by Crippen LogP contribution is 2.20. The molecule has 6 nitrogen and oxygen atoms in total. The van der Waals surface area contributed by atoms with Crippen molar-refractivity contribution in [3.05, 3.63) is 41.2 Å². The number of hydrogen-bond acceptors (Lipinski definition) is 5. The van der Waals surface area contributed by atoms with E-state index in [1.165, 1.54) is 13.4 Å². The quantitative estimate of drug-likeness (QED) is 0.809. The zero-order chi connectivity index (χ0) is 15.9. The number of amides is 1. The van der Waals surface area contributed by atoms with Gasteiger partial charge in [-0.2, -0.15) is 0 Å². The highest BCUT2D eigenvalue weighted by atomic mass is 35.5. The molecule has 0 bridgehead atoms. The van der Waals surface area contributed by atoms with Crippen molar-refractivity contribution in [2.24, 2.45) is 0 Å². The summed E-state index contributed by atoms with van der Waals surface area (Å²) < 4.78 is 10.1. The van der Waals surface area contributed by atoms with Gasteiger partial charge in [-0.3, -0.25) is 4.79 Å². The van der Waals surface area contributed by atoms with Crippen LogP contribution in [0, 0.1) is 0 Å². The molecule has 1 aromatic heterocycles. The van der Waals surface area contributed by atoms with E-state index in [1.54, 1.807) is 24.3 Å². The fourth-order valence-electron chi connectivity index (χ4n) is 1.82. The van der Waals surface area contributed by atoms with Gasteiger partial charge in [0.05, 0.1) is 24.8 Å². The molecule has 0 spiro atoms. The molecule has 2 N–H and O–H groups in total. The van der Waals surface area contributed by atoms with E-state index in [4.69, 9.17) is 20.8 Å². The Labute approximate surface area is 133 Å². The molecule has 22 heavy (non-hydrogen) atoms. The molecule has 0 saturated heterocycles. The van der Waals surface area contributed by atoms with Gasteiger partial charge in [0.15, 0.2) is 0 Å². The Kier molecular flexibility index (Phi) is 5.94. The van der Waals surface area contributed by atoms with Crippen molar-refractivity contribution in [3.8, 4) is 11.5 Å². The molecule has 1 unspecified atom stereocenters. The Bertz CT molecular complexity index is 612. The molecule has 0 fully saturated rings. The summed E-state index contributed by atoms with van der Waals surface area (Å²) in [5, 5.41) is 12.7. The van der Waals surface area contributed by atoms with Crippen molar-refractivity contribution in [2.75, 3.05) is 20.3 Å². The number of hydrogen-bond donors (Lipinski definition) is 2. The van der Waals surface area contributed by atoms with Crippen LogP contribution >= 0.6 is 11.6 Å². The third kappa shape index (κ3) is 4.84. The summed E-state index contributed by atoms with van der Waals surface area (Å²) in [7, 11) is 1.48. The molecule has 7 heteroatoms. The number of halogens is 1. The molecule has 0 aliphatic carbocycles. The van der Waals surface area contributed by atoms with Crippen LogP contribution in [-0.4, -0.2) is 42.4 Å². The van der Waals surface area contributed by atoms with Crippen LogP contribution in [0.3, 0.4) is 0 Å². The normalized spacial score (nSPS) is 12.1. The number of rotatable bonds is 7. The number of nitrogens with one attached hydrogen (secondary N) is 1.